The molecule has 2 aromatic carbocycles. The summed E-state index contributed by atoms with van der Waals surface area (Å²) < 4.78 is 193. The molecule has 0 spiro atoms. The monoisotopic (exact) mass is 788 g/mol. The van der Waals surface area contributed by atoms with E-state index in [1.165, 1.54) is 0 Å². The highest BCUT2D eigenvalue weighted by Crippen LogP contribution is 2.38. The van der Waals surface area contributed by atoms with Crippen LogP contribution in [-0.2, 0) is 12.4 Å². The number of carbonyl (C=O) groups excluding carboxylic acids is 1. The molecule has 52 heavy (non-hydrogen) atoms. The summed E-state index contributed by atoms with van der Waals surface area (Å²) >= 11 is 5.10. The van der Waals surface area contributed by atoms with Crippen molar-refractivity contribution in [2.75, 3.05) is 0 Å². The Kier molecular flexibility index (Phi) is 12.0. The normalized spacial score (nSPS) is 12.0. The Morgan fingerprint density at radius 3 is 1.15 bits per heavy atom. The van der Waals surface area contributed by atoms with Crippen LogP contribution in [0.15, 0.2) is 60.9 Å². The van der Waals surface area contributed by atoms with Crippen molar-refractivity contribution in [2.45, 2.75) is 25.1 Å². The van der Waals surface area contributed by atoms with Crippen LogP contribution in [0.1, 0.15) is 32.1 Å². The Bertz CT molecular complexity index is 1770. The largest absolute Gasteiger partial charge is 0.573 e. The standard InChI is InChI=1S/C14H5ClF7NO3.C14H6F7NO4/c15-12(24)9-8(5-23-11(10(9)16)13(17,18)19)25-6-1-3-7(4-2-6)26-14(20,21)22;15-10-9(12(23)24)8(5-22-11(10)13(16,17)18)25-6-1-3-7(4-2-6)26-14(19,20)21/h1-5H;1-5H,(H,23,24). The number of carboxylic acids is 1. The van der Waals surface area contributed by atoms with Gasteiger partial charge in [0.25, 0.3) is 5.24 Å². The van der Waals surface area contributed by atoms with Crippen LogP contribution < -0.4 is 18.9 Å². The number of carbonyl (C=O) groups is 2. The lowest BCUT2D eigenvalue weighted by Crippen LogP contribution is -2.17. The molecule has 280 valence electrons. The van der Waals surface area contributed by atoms with Crippen molar-refractivity contribution in [3.8, 4) is 34.5 Å². The van der Waals surface area contributed by atoms with Crippen LogP contribution in [0, 0.1) is 11.6 Å². The van der Waals surface area contributed by atoms with E-state index in [0.717, 1.165) is 48.5 Å². The first-order chi connectivity index (χ1) is 23.8. The maximum Gasteiger partial charge on any atom is 0.573 e. The fourth-order valence-corrected chi connectivity index (χ4v) is 3.72. The van der Waals surface area contributed by atoms with Gasteiger partial charge in [-0.05, 0) is 60.1 Å². The number of hydrogen-bond donors (Lipinski definition) is 1. The number of pyridine rings is 2. The van der Waals surface area contributed by atoms with E-state index < -0.39 is 93.4 Å². The van der Waals surface area contributed by atoms with E-state index in [9.17, 15) is 71.1 Å². The minimum absolute atomic E-state index is 0.236. The van der Waals surface area contributed by atoms with Crippen LogP contribution in [0.25, 0.3) is 0 Å². The maximum atomic E-state index is 13.9. The Labute approximate surface area is 282 Å². The van der Waals surface area contributed by atoms with E-state index in [2.05, 4.69) is 19.4 Å². The number of nitrogens with zero attached hydrogens (tertiary/aromatic N) is 2. The Morgan fingerprint density at radius 2 is 0.865 bits per heavy atom. The summed E-state index contributed by atoms with van der Waals surface area (Å²) in [7, 11) is 0. The van der Waals surface area contributed by atoms with Gasteiger partial charge in [0.2, 0.25) is 0 Å². The number of aromatic nitrogens is 2. The summed E-state index contributed by atoms with van der Waals surface area (Å²) in [6.45, 7) is 0. The van der Waals surface area contributed by atoms with Crippen molar-refractivity contribution >= 4 is 22.8 Å². The summed E-state index contributed by atoms with van der Waals surface area (Å²) in [6, 6.07) is 6.97. The first kappa shape index (κ1) is 40.8. The van der Waals surface area contributed by atoms with Crippen LogP contribution in [0.4, 0.5) is 61.5 Å². The summed E-state index contributed by atoms with van der Waals surface area (Å²) in [5.74, 6) is -9.61. The van der Waals surface area contributed by atoms with E-state index in [4.69, 9.17) is 26.2 Å². The van der Waals surface area contributed by atoms with Gasteiger partial charge in [-0.2, -0.15) is 26.3 Å². The van der Waals surface area contributed by atoms with Gasteiger partial charge in [0.15, 0.2) is 34.5 Å². The molecule has 0 bridgehead atoms. The first-order valence-electron chi connectivity index (χ1n) is 12.8. The molecule has 0 aliphatic carbocycles. The van der Waals surface area contributed by atoms with Crippen LogP contribution >= 0.6 is 11.6 Å². The highest BCUT2D eigenvalue weighted by molar-refractivity contribution is 6.68. The van der Waals surface area contributed by atoms with E-state index >= 15 is 0 Å². The molecule has 0 saturated carbocycles. The van der Waals surface area contributed by atoms with Gasteiger partial charge in [-0.15, -0.1) is 26.3 Å². The molecule has 4 rings (SSSR count). The molecule has 4 aromatic rings. The fraction of sp³-hybridized carbons (Fsp3) is 0.143. The van der Waals surface area contributed by atoms with E-state index in [0.29, 0.717) is 12.4 Å². The van der Waals surface area contributed by atoms with Gasteiger partial charge >= 0.3 is 31.0 Å². The number of carboxylic acid groups (broad SMARTS) is 1. The summed E-state index contributed by atoms with van der Waals surface area (Å²) in [4.78, 5) is 28.0. The minimum Gasteiger partial charge on any atom is -0.477 e. The number of benzene rings is 2. The van der Waals surface area contributed by atoms with Gasteiger partial charge < -0.3 is 24.1 Å². The molecule has 24 heteroatoms. The van der Waals surface area contributed by atoms with Gasteiger partial charge in [0.1, 0.15) is 34.1 Å². The molecule has 0 fully saturated rings. The Hall–Kier alpha value is -5.61. The van der Waals surface area contributed by atoms with Gasteiger partial charge in [0, 0.05) is 0 Å². The molecule has 0 unspecified atom stereocenters. The SMILES string of the molecule is O=C(Cl)c1c(Oc2ccc(OC(F)(F)F)cc2)cnc(C(F)(F)F)c1F.O=C(O)c1c(Oc2ccc(OC(F)(F)F)cc2)cnc(C(F)(F)F)c1F. The zero-order chi connectivity index (χ0) is 39.4. The van der Waals surface area contributed by atoms with Crippen molar-refractivity contribution in [3.63, 3.8) is 0 Å². The van der Waals surface area contributed by atoms with Crippen molar-refractivity contribution in [1.82, 2.24) is 9.97 Å². The second kappa shape index (κ2) is 15.3. The average Bonchev–Trinajstić information content (AvgIpc) is 2.96. The zero-order valence-electron chi connectivity index (χ0n) is 24.2. The molecule has 0 atom stereocenters. The second-order valence-electron chi connectivity index (χ2n) is 9.14. The maximum absolute atomic E-state index is 13.9. The van der Waals surface area contributed by atoms with Crippen molar-refractivity contribution in [1.29, 1.82) is 0 Å². The lowest BCUT2D eigenvalue weighted by atomic mass is 10.2. The van der Waals surface area contributed by atoms with E-state index in [1.54, 1.807) is 0 Å². The summed E-state index contributed by atoms with van der Waals surface area (Å²) in [5, 5.41) is 7.35. The molecule has 0 saturated heterocycles. The molecule has 1 N–H and O–H groups in total. The smallest absolute Gasteiger partial charge is 0.477 e. The fourth-order valence-electron chi connectivity index (χ4n) is 3.55. The molecule has 0 amide bonds. The topological polar surface area (TPSA) is 117 Å². The number of alkyl halides is 12. The molecule has 9 nitrogen and oxygen atoms in total. The van der Waals surface area contributed by atoms with E-state index in [-0.39, 0.29) is 11.5 Å². The number of ether oxygens (including phenoxy) is 4. The third-order valence-electron chi connectivity index (χ3n) is 5.49. The number of halogens is 15. The molecule has 2 aromatic heterocycles. The van der Waals surface area contributed by atoms with Gasteiger partial charge in [-0.25, -0.2) is 23.5 Å². The lowest BCUT2D eigenvalue weighted by Gasteiger charge is -2.13. The van der Waals surface area contributed by atoms with Gasteiger partial charge in [0.05, 0.1) is 12.4 Å². The molecule has 0 aliphatic heterocycles. The van der Waals surface area contributed by atoms with Gasteiger partial charge in [-0.1, -0.05) is 0 Å². The molecular weight excluding hydrogens is 778 g/mol. The minimum atomic E-state index is -5.23. The predicted octanol–water partition coefficient (Wildman–Crippen LogP) is 9.94. The lowest BCUT2D eigenvalue weighted by molar-refractivity contribution is -0.275. The van der Waals surface area contributed by atoms with Crippen LogP contribution in [-0.4, -0.2) is 39.0 Å². The predicted molar refractivity (Wildman–Crippen MR) is 142 cm³/mol. The van der Waals surface area contributed by atoms with Crippen molar-refractivity contribution in [2.24, 2.45) is 0 Å². The van der Waals surface area contributed by atoms with Crippen molar-refractivity contribution in [3.05, 3.63) is 95.1 Å². The Morgan fingerprint density at radius 1 is 0.558 bits per heavy atom. The molecule has 0 aliphatic rings. The molecular formula is C28H11ClF14N2O7. The van der Waals surface area contributed by atoms with Crippen LogP contribution in [0.3, 0.4) is 0 Å². The zero-order valence-corrected chi connectivity index (χ0v) is 25.0. The highest BCUT2D eigenvalue weighted by Gasteiger charge is 2.40. The number of rotatable bonds is 8. The summed E-state index contributed by atoms with van der Waals surface area (Å²) in [5.41, 5.74) is -6.66. The van der Waals surface area contributed by atoms with Crippen molar-refractivity contribution < 1.29 is 95.1 Å². The summed E-state index contributed by atoms with van der Waals surface area (Å²) in [6.07, 6.45) is -19.5. The van der Waals surface area contributed by atoms with Crippen LogP contribution in [0.2, 0.25) is 0 Å². The first-order valence-corrected chi connectivity index (χ1v) is 13.2. The Balaban J connectivity index is 0.000000280. The highest BCUT2D eigenvalue weighted by atomic mass is 35.5. The number of aromatic carboxylic acids is 1. The third-order valence-corrected chi connectivity index (χ3v) is 5.68. The average molecular weight is 789 g/mol. The second-order valence-corrected chi connectivity index (χ2v) is 9.48. The molecule has 2 heterocycles. The van der Waals surface area contributed by atoms with E-state index in [1.807, 2.05) is 0 Å². The third kappa shape index (κ3) is 11.2. The number of hydrogen-bond acceptors (Lipinski definition) is 8. The van der Waals surface area contributed by atoms with Crippen LogP contribution in [0.5, 0.6) is 34.5 Å². The van der Waals surface area contributed by atoms with Gasteiger partial charge in [-0.3, -0.25) is 4.79 Å². The quantitative estimate of drug-likeness (QED) is 0.138. The molecule has 0 radical (unpaired) electrons.